The summed E-state index contributed by atoms with van der Waals surface area (Å²) in [5, 5.41) is 5.67. The van der Waals surface area contributed by atoms with Gasteiger partial charge in [0.2, 0.25) is 5.91 Å². The third kappa shape index (κ3) is 4.91. The number of alkyl carbamates (subject to hydrolysis) is 1. The van der Waals surface area contributed by atoms with E-state index in [1.807, 2.05) is 35.9 Å². The topological polar surface area (TPSA) is 85.3 Å². The molecule has 2 aromatic rings. The number of benzene rings is 1. The molecule has 0 saturated heterocycles. The van der Waals surface area contributed by atoms with Crippen molar-refractivity contribution >= 4 is 17.7 Å². The molecule has 1 aromatic carbocycles. The van der Waals surface area contributed by atoms with Crippen molar-refractivity contribution in [1.82, 2.24) is 14.9 Å². The molecule has 2 amide bonds. The van der Waals surface area contributed by atoms with Crippen LogP contribution in [-0.4, -0.2) is 33.2 Å². The van der Waals surface area contributed by atoms with Crippen molar-refractivity contribution in [3.63, 3.8) is 0 Å². The van der Waals surface area contributed by atoms with Gasteiger partial charge in [-0.1, -0.05) is 18.6 Å². The van der Waals surface area contributed by atoms with Gasteiger partial charge in [-0.05, 0) is 57.2 Å². The van der Waals surface area contributed by atoms with Gasteiger partial charge in [0.05, 0.1) is 18.2 Å². The van der Waals surface area contributed by atoms with Crippen molar-refractivity contribution in [3.05, 3.63) is 36.8 Å². The van der Waals surface area contributed by atoms with E-state index in [4.69, 9.17) is 4.74 Å². The first kappa shape index (κ1) is 19.9. The van der Waals surface area contributed by atoms with Gasteiger partial charge in [-0.25, -0.2) is 9.78 Å². The number of nitrogens with zero attached hydrogens (tertiary/aromatic N) is 2. The number of rotatable bonds is 5. The molecule has 1 fully saturated rings. The monoisotopic (exact) mass is 384 g/mol. The molecule has 1 aliphatic rings. The fraction of sp³-hybridized carbons (Fsp3) is 0.476. The zero-order chi connectivity index (χ0) is 20.3. The van der Waals surface area contributed by atoms with Gasteiger partial charge in [-0.15, -0.1) is 0 Å². The average Bonchev–Trinajstić information content (AvgIpc) is 2.97. The number of carbonyl (C=O) groups is 2. The van der Waals surface area contributed by atoms with Crippen LogP contribution in [0.1, 0.15) is 40.0 Å². The molecule has 3 rings (SSSR count). The Bertz CT molecular complexity index is 832. The van der Waals surface area contributed by atoms with Gasteiger partial charge in [0.25, 0.3) is 0 Å². The molecule has 1 heterocycles. The number of anilines is 1. The van der Waals surface area contributed by atoms with E-state index in [2.05, 4.69) is 15.6 Å². The Hall–Kier alpha value is -2.83. The third-order valence-corrected chi connectivity index (χ3v) is 4.84. The number of hydrogen-bond acceptors (Lipinski definition) is 4. The van der Waals surface area contributed by atoms with Crippen molar-refractivity contribution in [2.75, 3.05) is 5.32 Å². The van der Waals surface area contributed by atoms with Crippen molar-refractivity contribution in [3.8, 4) is 11.3 Å². The summed E-state index contributed by atoms with van der Waals surface area (Å²) in [6, 6.07) is 6.98. The number of imidazole rings is 1. The van der Waals surface area contributed by atoms with Crippen molar-refractivity contribution in [1.29, 1.82) is 0 Å². The predicted octanol–water partition coefficient (Wildman–Crippen LogP) is 3.72. The van der Waals surface area contributed by atoms with Crippen LogP contribution in [0.5, 0.6) is 0 Å². The molecular weight excluding hydrogens is 356 g/mol. The average molecular weight is 384 g/mol. The Balaban J connectivity index is 1.66. The molecule has 28 heavy (non-hydrogen) atoms. The fourth-order valence-electron chi connectivity index (χ4n) is 3.18. The van der Waals surface area contributed by atoms with Crippen molar-refractivity contribution in [2.45, 2.75) is 51.7 Å². The molecular formula is C21H28N4O3. The lowest BCUT2D eigenvalue weighted by atomic mass is 9.79. The second kappa shape index (κ2) is 8.04. The van der Waals surface area contributed by atoms with Gasteiger partial charge in [-0.3, -0.25) is 4.79 Å². The number of nitrogens with one attached hydrogen (secondary N) is 2. The highest BCUT2D eigenvalue weighted by Crippen LogP contribution is 2.30. The minimum absolute atomic E-state index is 0.140. The summed E-state index contributed by atoms with van der Waals surface area (Å²) in [6.07, 6.45) is 5.90. The Kier molecular flexibility index (Phi) is 5.72. The van der Waals surface area contributed by atoms with E-state index in [0.717, 1.165) is 30.5 Å². The highest BCUT2D eigenvalue weighted by Gasteiger charge is 2.35. The first-order valence-electron chi connectivity index (χ1n) is 9.60. The number of ether oxygens (including phenoxy) is 1. The minimum Gasteiger partial charge on any atom is -0.444 e. The number of amides is 2. The molecule has 1 atom stereocenters. The number of aromatic nitrogens is 2. The Labute approximate surface area is 165 Å². The maximum Gasteiger partial charge on any atom is 0.408 e. The molecule has 0 radical (unpaired) electrons. The molecule has 1 aromatic heterocycles. The van der Waals surface area contributed by atoms with E-state index in [9.17, 15) is 9.59 Å². The predicted molar refractivity (Wildman–Crippen MR) is 108 cm³/mol. The van der Waals surface area contributed by atoms with E-state index in [1.165, 1.54) is 0 Å². The number of hydrogen-bond donors (Lipinski definition) is 2. The van der Waals surface area contributed by atoms with Gasteiger partial charge in [0.15, 0.2) is 0 Å². The van der Waals surface area contributed by atoms with Gasteiger partial charge in [0, 0.05) is 12.7 Å². The first-order chi connectivity index (χ1) is 13.2. The zero-order valence-corrected chi connectivity index (χ0v) is 16.9. The molecule has 0 aliphatic heterocycles. The van der Waals surface area contributed by atoms with Crippen LogP contribution in [0.2, 0.25) is 0 Å². The van der Waals surface area contributed by atoms with Crippen LogP contribution in [0.3, 0.4) is 0 Å². The summed E-state index contributed by atoms with van der Waals surface area (Å²) >= 11 is 0. The van der Waals surface area contributed by atoms with E-state index >= 15 is 0 Å². The number of carbonyl (C=O) groups excluding carboxylic acids is 2. The summed E-state index contributed by atoms with van der Waals surface area (Å²) < 4.78 is 7.25. The second-order valence-corrected chi connectivity index (χ2v) is 8.27. The Morgan fingerprint density at radius 2 is 1.89 bits per heavy atom. The standard InChI is InChI=1S/C21H28N4O3/c1-21(2,3)28-20(27)24-18(15-6-5-7-15)19(26)23-16-10-8-14(9-11-16)17-12-22-13-25(17)4/h8-13,15,18H,5-7H2,1-4H3,(H,23,26)(H,24,27)/t18-/m0/s1. The Morgan fingerprint density at radius 1 is 1.21 bits per heavy atom. The van der Waals surface area contributed by atoms with Gasteiger partial charge in [-0.2, -0.15) is 0 Å². The lowest BCUT2D eigenvalue weighted by Gasteiger charge is -2.33. The lowest BCUT2D eigenvalue weighted by Crippen LogP contribution is -2.51. The molecule has 150 valence electrons. The summed E-state index contributed by atoms with van der Waals surface area (Å²) in [4.78, 5) is 29.1. The van der Waals surface area contributed by atoms with Crippen LogP contribution in [0.25, 0.3) is 11.3 Å². The van der Waals surface area contributed by atoms with Crippen LogP contribution in [-0.2, 0) is 16.6 Å². The highest BCUT2D eigenvalue weighted by atomic mass is 16.6. The SMILES string of the molecule is Cn1cncc1-c1ccc(NC(=O)[C@@H](NC(=O)OC(C)(C)C)C2CCC2)cc1. The van der Waals surface area contributed by atoms with Crippen LogP contribution in [0, 0.1) is 5.92 Å². The highest BCUT2D eigenvalue weighted by molar-refractivity contribution is 5.97. The second-order valence-electron chi connectivity index (χ2n) is 8.27. The van der Waals surface area contributed by atoms with Gasteiger partial charge < -0.3 is 19.9 Å². The molecule has 2 N–H and O–H groups in total. The summed E-state index contributed by atoms with van der Waals surface area (Å²) in [5.41, 5.74) is 2.09. The van der Waals surface area contributed by atoms with E-state index in [1.54, 1.807) is 33.3 Å². The molecule has 7 nitrogen and oxygen atoms in total. The van der Waals surface area contributed by atoms with Crippen LogP contribution in [0.15, 0.2) is 36.8 Å². The van der Waals surface area contributed by atoms with Crippen molar-refractivity contribution < 1.29 is 14.3 Å². The molecule has 1 aliphatic carbocycles. The molecule has 0 spiro atoms. The van der Waals surface area contributed by atoms with E-state index < -0.39 is 17.7 Å². The third-order valence-electron chi connectivity index (χ3n) is 4.84. The maximum atomic E-state index is 12.8. The van der Waals surface area contributed by atoms with Gasteiger partial charge in [0.1, 0.15) is 11.6 Å². The molecule has 0 bridgehead atoms. The molecule has 1 saturated carbocycles. The van der Waals surface area contributed by atoms with E-state index in [-0.39, 0.29) is 11.8 Å². The largest absolute Gasteiger partial charge is 0.444 e. The summed E-state index contributed by atoms with van der Waals surface area (Å²) in [5.74, 6) is -0.0786. The molecule has 0 unspecified atom stereocenters. The quantitative estimate of drug-likeness (QED) is 0.823. The summed E-state index contributed by atoms with van der Waals surface area (Å²) in [6.45, 7) is 5.40. The summed E-state index contributed by atoms with van der Waals surface area (Å²) in [7, 11) is 1.93. The Morgan fingerprint density at radius 3 is 2.39 bits per heavy atom. The first-order valence-corrected chi connectivity index (χ1v) is 9.60. The van der Waals surface area contributed by atoms with Crippen molar-refractivity contribution in [2.24, 2.45) is 13.0 Å². The number of aryl methyl sites for hydroxylation is 1. The fourth-order valence-corrected chi connectivity index (χ4v) is 3.18. The van der Waals surface area contributed by atoms with Crippen LogP contribution >= 0.6 is 0 Å². The minimum atomic E-state index is -0.605. The smallest absolute Gasteiger partial charge is 0.408 e. The lowest BCUT2D eigenvalue weighted by molar-refractivity contribution is -0.120. The normalized spacial score (nSPS) is 15.4. The van der Waals surface area contributed by atoms with Crippen LogP contribution < -0.4 is 10.6 Å². The van der Waals surface area contributed by atoms with Gasteiger partial charge >= 0.3 is 6.09 Å². The molecule has 7 heteroatoms. The maximum absolute atomic E-state index is 12.8. The zero-order valence-electron chi connectivity index (χ0n) is 16.9. The van der Waals surface area contributed by atoms with Crippen LogP contribution in [0.4, 0.5) is 10.5 Å². The van der Waals surface area contributed by atoms with E-state index in [0.29, 0.717) is 5.69 Å².